The van der Waals surface area contributed by atoms with Crippen LogP contribution in [0.2, 0.25) is 0 Å². The van der Waals surface area contributed by atoms with Crippen molar-refractivity contribution in [2.75, 3.05) is 39.3 Å². The lowest BCUT2D eigenvalue weighted by atomic mass is 10.1. The summed E-state index contributed by atoms with van der Waals surface area (Å²) in [6.45, 7) is 1.35. The van der Waals surface area contributed by atoms with E-state index in [-0.39, 0.29) is 10.6 Å². The summed E-state index contributed by atoms with van der Waals surface area (Å²) < 4.78 is 49.6. The summed E-state index contributed by atoms with van der Waals surface area (Å²) in [4.78, 5) is 13.1. The molecule has 9 nitrogen and oxygen atoms in total. The van der Waals surface area contributed by atoms with Crippen molar-refractivity contribution in [3.05, 3.63) is 72.3 Å². The number of hydrogen-bond acceptors (Lipinski definition) is 7. The number of benzene rings is 3. The molecule has 3 rings (SSSR count). The molecule has 0 radical (unpaired) electrons. The van der Waals surface area contributed by atoms with Gasteiger partial charge in [-0.2, -0.15) is 0 Å². The van der Waals surface area contributed by atoms with Crippen LogP contribution in [-0.2, 0) is 14.8 Å². The van der Waals surface area contributed by atoms with Crippen LogP contribution in [0.25, 0.3) is 0 Å². The molecule has 1 N–H and O–H groups in total. The summed E-state index contributed by atoms with van der Waals surface area (Å²) in [5.74, 6) is 1.32. The van der Waals surface area contributed by atoms with Gasteiger partial charge in [-0.1, -0.05) is 18.2 Å². The van der Waals surface area contributed by atoms with Gasteiger partial charge >= 0.3 is 0 Å². The first-order chi connectivity index (χ1) is 17.2. The third kappa shape index (κ3) is 5.83. The first kappa shape index (κ1) is 26.7. The number of carbonyl (C=O) groups is 1. The molecule has 0 aliphatic heterocycles. The zero-order chi connectivity index (χ0) is 26.3. The minimum atomic E-state index is -4.17. The molecular weight excluding hydrogens is 484 g/mol. The van der Waals surface area contributed by atoms with E-state index in [0.29, 0.717) is 22.9 Å². The second-order valence-electron chi connectivity index (χ2n) is 7.76. The van der Waals surface area contributed by atoms with Gasteiger partial charge in [-0.3, -0.25) is 9.10 Å². The van der Waals surface area contributed by atoms with E-state index >= 15 is 0 Å². The molecule has 0 aliphatic rings. The molecule has 0 spiro atoms. The smallest absolute Gasteiger partial charge is 0.264 e. The SMILES string of the molecule is COc1ccc(N(CC(=O)N[C@@H](C)c2ccccc2OC)S(=O)(=O)c2ccc(OC)c(OC)c2)cc1. The molecule has 0 aliphatic carbocycles. The summed E-state index contributed by atoms with van der Waals surface area (Å²) in [6.07, 6.45) is 0. The van der Waals surface area contributed by atoms with Crippen LogP contribution in [0.15, 0.2) is 71.6 Å². The Labute approximate surface area is 211 Å². The summed E-state index contributed by atoms with van der Waals surface area (Å²) in [5, 5.41) is 2.86. The maximum absolute atomic E-state index is 13.7. The van der Waals surface area contributed by atoms with Crippen LogP contribution in [-0.4, -0.2) is 49.3 Å². The number of rotatable bonds is 11. The fraction of sp³-hybridized carbons (Fsp3) is 0.269. The van der Waals surface area contributed by atoms with Crippen LogP contribution in [0, 0.1) is 0 Å². The highest BCUT2D eigenvalue weighted by Gasteiger charge is 2.29. The van der Waals surface area contributed by atoms with E-state index in [9.17, 15) is 13.2 Å². The summed E-state index contributed by atoms with van der Waals surface area (Å²) in [5.41, 5.74) is 1.07. The summed E-state index contributed by atoms with van der Waals surface area (Å²) in [6, 6.07) is 17.6. The third-order valence-electron chi connectivity index (χ3n) is 5.57. The van der Waals surface area contributed by atoms with E-state index in [1.165, 1.54) is 39.5 Å². The maximum Gasteiger partial charge on any atom is 0.264 e. The molecule has 0 heterocycles. The highest BCUT2D eigenvalue weighted by Crippen LogP contribution is 2.33. The van der Waals surface area contributed by atoms with E-state index < -0.39 is 28.5 Å². The molecule has 3 aromatic carbocycles. The first-order valence-electron chi connectivity index (χ1n) is 11.1. The Morgan fingerprint density at radius 2 is 1.47 bits per heavy atom. The zero-order valence-electron chi connectivity index (χ0n) is 20.8. The van der Waals surface area contributed by atoms with E-state index in [0.717, 1.165) is 9.87 Å². The third-order valence-corrected chi connectivity index (χ3v) is 7.34. The van der Waals surface area contributed by atoms with Crippen LogP contribution in [0.3, 0.4) is 0 Å². The Balaban J connectivity index is 1.96. The van der Waals surface area contributed by atoms with Crippen LogP contribution >= 0.6 is 0 Å². The molecule has 10 heteroatoms. The molecule has 0 fully saturated rings. The van der Waals surface area contributed by atoms with Gasteiger partial charge in [0.2, 0.25) is 5.91 Å². The number of nitrogens with one attached hydrogen (secondary N) is 1. The second kappa shape index (κ2) is 11.7. The largest absolute Gasteiger partial charge is 0.497 e. The lowest BCUT2D eigenvalue weighted by Crippen LogP contribution is -2.41. The van der Waals surface area contributed by atoms with Crippen LogP contribution in [0.5, 0.6) is 23.0 Å². The van der Waals surface area contributed by atoms with Crippen molar-refractivity contribution in [2.45, 2.75) is 17.9 Å². The van der Waals surface area contributed by atoms with Gasteiger partial charge in [-0.15, -0.1) is 0 Å². The number of carbonyl (C=O) groups excluding carboxylic acids is 1. The van der Waals surface area contributed by atoms with Gasteiger partial charge in [-0.25, -0.2) is 8.42 Å². The van der Waals surface area contributed by atoms with Crippen LogP contribution < -0.4 is 28.6 Å². The Morgan fingerprint density at radius 3 is 2.08 bits per heavy atom. The predicted octanol–water partition coefficient (Wildman–Crippen LogP) is 3.79. The fourth-order valence-corrected chi connectivity index (χ4v) is 5.12. The Morgan fingerprint density at radius 1 is 0.833 bits per heavy atom. The quantitative estimate of drug-likeness (QED) is 0.415. The van der Waals surface area contributed by atoms with Gasteiger partial charge in [0.1, 0.15) is 18.0 Å². The molecule has 0 saturated heterocycles. The minimum Gasteiger partial charge on any atom is -0.497 e. The number of amides is 1. The number of sulfonamides is 1. The number of para-hydroxylation sites is 1. The van der Waals surface area contributed by atoms with Gasteiger partial charge < -0.3 is 24.3 Å². The van der Waals surface area contributed by atoms with Gasteiger partial charge in [-0.05, 0) is 49.4 Å². The number of anilines is 1. The van der Waals surface area contributed by atoms with Crippen molar-refractivity contribution >= 4 is 21.6 Å². The molecule has 1 amide bonds. The van der Waals surface area contributed by atoms with E-state index in [4.69, 9.17) is 18.9 Å². The highest BCUT2D eigenvalue weighted by molar-refractivity contribution is 7.92. The average Bonchev–Trinajstić information content (AvgIpc) is 2.91. The average molecular weight is 515 g/mol. The highest BCUT2D eigenvalue weighted by atomic mass is 32.2. The molecule has 0 saturated carbocycles. The normalized spacial score (nSPS) is 11.8. The van der Waals surface area contributed by atoms with Crippen LogP contribution in [0.4, 0.5) is 5.69 Å². The second-order valence-corrected chi connectivity index (χ2v) is 9.62. The topological polar surface area (TPSA) is 103 Å². The van der Waals surface area contributed by atoms with E-state index in [1.807, 2.05) is 18.2 Å². The van der Waals surface area contributed by atoms with Gasteiger partial charge in [0, 0.05) is 11.6 Å². The monoisotopic (exact) mass is 514 g/mol. The Bertz CT molecular complexity index is 1290. The Hall–Kier alpha value is -3.92. The van der Waals surface area contributed by atoms with Crippen molar-refractivity contribution in [3.8, 4) is 23.0 Å². The summed E-state index contributed by atoms with van der Waals surface area (Å²) >= 11 is 0. The van der Waals surface area contributed by atoms with Crippen molar-refractivity contribution in [3.63, 3.8) is 0 Å². The van der Waals surface area contributed by atoms with Gasteiger partial charge in [0.15, 0.2) is 11.5 Å². The fourth-order valence-electron chi connectivity index (χ4n) is 3.69. The van der Waals surface area contributed by atoms with E-state index in [2.05, 4.69) is 5.32 Å². The number of hydrogen-bond donors (Lipinski definition) is 1. The Kier molecular flexibility index (Phi) is 8.65. The standard InChI is InChI=1S/C26H30N2O7S/c1-18(22-8-6-7-9-23(22)33-3)27-26(29)17-28(19-10-12-20(32-2)13-11-19)36(30,31)21-14-15-24(34-4)25(16-21)35-5/h6-16,18H,17H2,1-5H3,(H,27,29)/t18-/m0/s1. The lowest BCUT2D eigenvalue weighted by molar-refractivity contribution is -0.120. The van der Waals surface area contributed by atoms with Crippen LogP contribution in [0.1, 0.15) is 18.5 Å². The lowest BCUT2D eigenvalue weighted by Gasteiger charge is -2.26. The zero-order valence-corrected chi connectivity index (χ0v) is 21.7. The molecule has 0 bridgehead atoms. The van der Waals surface area contributed by atoms with Gasteiger partial charge in [0.25, 0.3) is 10.0 Å². The minimum absolute atomic E-state index is 0.0541. The van der Waals surface area contributed by atoms with Crippen molar-refractivity contribution in [1.29, 1.82) is 0 Å². The summed E-state index contributed by atoms with van der Waals surface area (Å²) in [7, 11) is 1.78. The number of nitrogens with zero attached hydrogens (tertiary/aromatic N) is 1. The molecule has 0 aromatic heterocycles. The predicted molar refractivity (Wildman–Crippen MR) is 137 cm³/mol. The molecule has 1 atom stereocenters. The first-order valence-corrected chi connectivity index (χ1v) is 12.5. The molecule has 3 aromatic rings. The van der Waals surface area contributed by atoms with Crippen molar-refractivity contribution in [2.24, 2.45) is 0 Å². The number of ether oxygens (including phenoxy) is 4. The van der Waals surface area contributed by atoms with Gasteiger partial charge in [0.05, 0.1) is 45.1 Å². The molecule has 36 heavy (non-hydrogen) atoms. The molecular formula is C26H30N2O7S. The molecule has 192 valence electrons. The molecule has 0 unspecified atom stereocenters. The van der Waals surface area contributed by atoms with E-state index in [1.54, 1.807) is 44.4 Å². The number of methoxy groups -OCH3 is 4. The maximum atomic E-state index is 13.7. The van der Waals surface area contributed by atoms with Crippen molar-refractivity contribution in [1.82, 2.24) is 5.32 Å². The van der Waals surface area contributed by atoms with Crippen molar-refractivity contribution < 1.29 is 32.2 Å².